The molecular weight excluding hydrogens is 192 g/mol. The van der Waals surface area contributed by atoms with Gasteiger partial charge in [-0.15, -0.1) is 0 Å². The lowest BCUT2D eigenvalue weighted by molar-refractivity contribution is 0.398. The maximum absolute atomic E-state index is 5.51. The molecule has 0 saturated carbocycles. The van der Waals surface area contributed by atoms with Crippen LogP contribution in [0.4, 0.5) is 11.8 Å². The predicted molar refractivity (Wildman–Crippen MR) is 60.9 cm³/mol. The van der Waals surface area contributed by atoms with Gasteiger partial charge in [-0.25, -0.2) is 0 Å². The van der Waals surface area contributed by atoms with Gasteiger partial charge in [0.2, 0.25) is 11.8 Å². The number of ether oxygens (including phenoxy) is 1. The van der Waals surface area contributed by atoms with Gasteiger partial charge < -0.3 is 15.8 Å². The summed E-state index contributed by atoms with van der Waals surface area (Å²) in [7, 11) is 1.54. The first kappa shape index (κ1) is 11.3. The van der Waals surface area contributed by atoms with E-state index >= 15 is 0 Å². The molecule has 0 amide bonds. The molecule has 0 aliphatic carbocycles. The molecule has 0 aliphatic rings. The number of allylic oxidation sites excluding steroid dienone is 1. The van der Waals surface area contributed by atoms with Gasteiger partial charge in [0, 0.05) is 12.6 Å². The van der Waals surface area contributed by atoms with Crippen molar-refractivity contribution in [2.75, 3.05) is 24.7 Å². The summed E-state index contributed by atoms with van der Waals surface area (Å²) in [5, 5.41) is 3.10. The zero-order valence-corrected chi connectivity index (χ0v) is 9.24. The van der Waals surface area contributed by atoms with Crippen molar-refractivity contribution < 1.29 is 4.74 Å². The highest BCUT2D eigenvalue weighted by Gasteiger charge is 2.00. The van der Waals surface area contributed by atoms with Gasteiger partial charge in [-0.3, -0.25) is 0 Å². The van der Waals surface area contributed by atoms with Crippen LogP contribution >= 0.6 is 0 Å². The quantitative estimate of drug-likeness (QED) is 0.732. The summed E-state index contributed by atoms with van der Waals surface area (Å²) in [5.41, 5.74) is 6.76. The van der Waals surface area contributed by atoms with Crippen molar-refractivity contribution in [3.63, 3.8) is 0 Å². The smallest absolute Gasteiger partial charge is 0.225 e. The number of nitrogens with one attached hydrogen (secondary N) is 1. The Hall–Kier alpha value is -1.78. The molecular formula is C10H16N4O. The minimum atomic E-state index is 0.203. The zero-order chi connectivity index (χ0) is 11.3. The summed E-state index contributed by atoms with van der Waals surface area (Å²) >= 11 is 0. The van der Waals surface area contributed by atoms with Gasteiger partial charge in [-0.05, 0) is 13.8 Å². The molecule has 0 radical (unpaired) electrons. The van der Waals surface area contributed by atoms with Gasteiger partial charge in [0.25, 0.3) is 0 Å². The fraction of sp³-hybridized carbons (Fsp3) is 0.400. The van der Waals surface area contributed by atoms with Crippen LogP contribution in [0, 0.1) is 0 Å². The van der Waals surface area contributed by atoms with E-state index in [-0.39, 0.29) is 5.95 Å². The van der Waals surface area contributed by atoms with Crippen molar-refractivity contribution >= 4 is 11.8 Å². The molecule has 1 aromatic heterocycles. The maximum atomic E-state index is 5.51. The Morgan fingerprint density at radius 2 is 2.27 bits per heavy atom. The lowest BCUT2D eigenvalue weighted by Gasteiger charge is -2.05. The molecule has 0 atom stereocenters. The highest BCUT2D eigenvalue weighted by molar-refractivity contribution is 5.43. The van der Waals surface area contributed by atoms with Crippen LogP contribution in [0.1, 0.15) is 13.8 Å². The summed E-state index contributed by atoms with van der Waals surface area (Å²) in [6.07, 6.45) is 2.06. The Balaban J connectivity index is 2.68. The summed E-state index contributed by atoms with van der Waals surface area (Å²) in [6, 6.07) is 1.70. The minimum absolute atomic E-state index is 0.203. The molecule has 1 rings (SSSR count). The summed E-state index contributed by atoms with van der Waals surface area (Å²) in [6.45, 7) is 4.79. The second kappa shape index (κ2) is 5.19. The Morgan fingerprint density at radius 1 is 1.53 bits per heavy atom. The third-order valence-electron chi connectivity index (χ3n) is 1.72. The standard InChI is InChI=1S/C10H16N4O/c1-7(2)4-5-12-8-6-9(15-3)14-10(11)13-8/h4,6H,5H2,1-3H3,(H3,11,12,13,14). The van der Waals surface area contributed by atoms with E-state index in [1.54, 1.807) is 13.2 Å². The second-order valence-electron chi connectivity index (χ2n) is 3.32. The van der Waals surface area contributed by atoms with E-state index in [0.717, 1.165) is 0 Å². The minimum Gasteiger partial charge on any atom is -0.481 e. The fourth-order valence-corrected chi connectivity index (χ4v) is 0.998. The average molecular weight is 208 g/mol. The highest BCUT2D eigenvalue weighted by atomic mass is 16.5. The molecule has 0 bridgehead atoms. The van der Waals surface area contributed by atoms with Crippen molar-refractivity contribution in [1.29, 1.82) is 0 Å². The number of nitrogen functional groups attached to an aromatic ring is 1. The van der Waals surface area contributed by atoms with Crippen LogP contribution in [0.5, 0.6) is 5.88 Å². The average Bonchev–Trinajstić information content (AvgIpc) is 2.16. The number of nitrogens with zero attached hydrogens (tertiary/aromatic N) is 2. The molecule has 15 heavy (non-hydrogen) atoms. The van der Waals surface area contributed by atoms with Crippen molar-refractivity contribution in [2.45, 2.75) is 13.8 Å². The number of aromatic nitrogens is 2. The zero-order valence-electron chi connectivity index (χ0n) is 9.24. The highest BCUT2D eigenvalue weighted by Crippen LogP contribution is 2.13. The number of nitrogens with two attached hydrogens (primary N) is 1. The van der Waals surface area contributed by atoms with E-state index in [9.17, 15) is 0 Å². The van der Waals surface area contributed by atoms with Crippen molar-refractivity contribution in [1.82, 2.24) is 9.97 Å². The van der Waals surface area contributed by atoms with E-state index in [2.05, 4.69) is 21.4 Å². The Morgan fingerprint density at radius 3 is 2.87 bits per heavy atom. The van der Waals surface area contributed by atoms with E-state index in [4.69, 9.17) is 10.5 Å². The third-order valence-corrected chi connectivity index (χ3v) is 1.72. The summed E-state index contributed by atoms with van der Waals surface area (Å²) in [5.74, 6) is 1.33. The molecule has 1 heterocycles. The summed E-state index contributed by atoms with van der Waals surface area (Å²) < 4.78 is 4.98. The largest absolute Gasteiger partial charge is 0.481 e. The van der Waals surface area contributed by atoms with Gasteiger partial charge in [0.1, 0.15) is 5.82 Å². The van der Waals surface area contributed by atoms with E-state index in [1.807, 2.05) is 13.8 Å². The second-order valence-corrected chi connectivity index (χ2v) is 3.32. The lowest BCUT2D eigenvalue weighted by Crippen LogP contribution is -2.05. The topological polar surface area (TPSA) is 73.1 Å². The number of methoxy groups -OCH3 is 1. The first-order valence-electron chi connectivity index (χ1n) is 4.67. The number of hydrogen-bond donors (Lipinski definition) is 2. The molecule has 5 heteroatoms. The SMILES string of the molecule is COc1cc(NCC=C(C)C)nc(N)n1. The molecule has 5 nitrogen and oxygen atoms in total. The number of hydrogen-bond acceptors (Lipinski definition) is 5. The molecule has 0 saturated heterocycles. The molecule has 1 aromatic rings. The van der Waals surface area contributed by atoms with Gasteiger partial charge >= 0.3 is 0 Å². The van der Waals surface area contributed by atoms with Crippen LogP contribution < -0.4 is 15.8 Å². The lowest BCUT2D eigenvalue weighted by atomic mass is 10.3. The van der Waals surface area contributed by atoms with Crippen LogP contribution in [0.2, 0.25) is 0 Å². The Bertz CT molecular complexity index is 358. The van der Waals surface area contributed by atoms with Gasteiger partial charge in [-0.1, -0.05) is 11.6 Å². The van der Waals surface area contributed by atoms with Gasteiger partial charge in [0.05, 0.1) is 7.11 Å². The summed E-state index contributed by atoms with van der Waals surface area (Å²) in [4.78, 5) is 7.91. The Kier molecular flexibility index (Phi) is 3.91. The van der Waals surface area contributed by atoms with Crippen molar-refractivity contribution in [2.24, 2.45) is 0 Å². The molecule has 0 aromatic carbocycles. The van der Waals surface area contributed by atoms with Crippen LogP contribution in [-0.2, 0) is 0 Å². The van der Waals surface area contributed by atoms with E-state index < -0.39 is 0 Å². The molecule has 82 valence electrons. The van der Waals surface area contributed by atoms with E-state index in [1.165, 1.54) is 5.57 Å². The first-order chi connectivity index (χ1) is 7.11. The van der Waals surface area contributed by atoms with Crippen LogP contribution in [0.3, 0.4) is 0 Å². The van der Waals surface area contributed by atoms with Gasteiger partial charge in [-0.2, -0.15) is 9.97 Å². The molecule has 0 spiro atoms. The normalized spacial score (nSPS) is 9.53. The first-order valence-corrected chi connectivity index (χ1v) is 4.67. The number of anilines is 2. The molecule has 3 N–H and O–H groups in total. The van der Waals surface area contributed by atoms with Crippen LogP contribution in [0.15, 0.2) is 17.7 Å². The van der Waals surface area contributed by atoms with Crippen LogP contribution in [0.25, 0.3) is 0 Å². The third kappa shape index (κ3) is 3.84. The van der Waals surface area contributed by atoms with E-state index in [0.29, 0.717) is 18.2 Å². The maximum Gasteiger partial charge on any atom is 0.225 e. The van der Waals surface area contributed by atoms with Crippen LogP contribution in [-0.4, -0.2) is 23.6 Å². The van der Waals surface area contributed by atoms with Crippen molar-refractivity contribution in [3.8, 4) is 5.88 Å². The molecule has 0 aliphatic heterocycles. The fourth-order valence-electron chi connectivity index (χ4n) is 0.998. The van der Waals surface area contributed by atoms with Gasteiger partial charge in [0.15, 0.2) is 0 Å². The Labute approximate surface area is 89.4 Å². The molecule has 0 fully saturated rings. The monoisotopic (exact) mass is 208 g/mol. The van der Waals surface area contributed by atoms with Crippen molar-refractivity contribution in [3.05, 3.63) is 17.7 Å². The molecule has 0 unspecified atom stereocenters. The number of rotatable bonds is 4. The predicted octanol–water partition coefficient (Wildman–Crippen LogP) is 1.45.